The zero-order valence-corrected chi connectivity index (χ0v) is 9.58. The summed E-state index contributed by atoms with van der Waals surface area (Å²) in [5, 5.41) is 0. The highest BCUT2D eigenvalue weighted by atomic mass is 32.2. The van der Waals surface area contributed by atoms with Gasteiger partial charge in [0.15, 0.2) is 0 Å². The van der Waals surface area contributed by atoms with Gasteiger partial charge in [-0.15, -0.1) is 11.8 Å². The summed E-state index contributed by atoms with van der Waals surface area (Å²) in [5.41, 5.74) is 3.02. The molecule has 1 heteroatoms. The predicted octanol–water partition coefficient (Wildman–Crippen LogP) is 3.92. The number of hydrogen-bond donors (Lipinski definition) is 0. The van der Waals surface area contributed by atoms with Gasteiger partial charge in [0.25, 0.3) is 0 Å². The van der Waals surface area contributed by atoms with Crippen LogP contribution in [0.4, 0.5) is 0 Å². The number of thioether (sulfide) groups is 1. The lowest BCUT2D eigenvalue weighted by Gasteiger charge is -2.07. The van der Waals surface area contributed by atoms with Gasteiger partial charge < -0.3 is 0 Å². The van der Waals surface area contributed by atoms with Crippen LogP contribution in [-0.2, 0) is 12.8 Å². The fourth-order valence-corrected chi connectivity index (χ4v) is 2.26. The van der Waals surface area contributed by atoms with Crippen molar-refractivity contribution in [3.63, 3.8) is 0 Å². The number of aryl methyl sites for hydroxylation is 2. The predicted molar refractivity (Wildman–Crippen MR) is 61.6 cm³/mol. The normalized spacial score (nSPS) is 10.4. The van der Waals surface area contributed by atoms with E-state index in [0.717, 1.165) is 18.6 Å². The van der Waals surface area contributed by atoms with Gasteiger partial charge in [-0.2, -0.15) is 0 Å². The maximum Gasteiger partial charge on any atom is 0.00747 e. The van der Waals surface area contributed by atoms with Crippen LogP contribution < -0.4 is 0 Å². The van der Waals surface area contributed by atoms with Gasteiger partial charge in [0, 0.05) is 4.90 Å². The molecule has 0 saturated heterocycles. The van der Waals surface area contributed by atoms with Crippen molar-refractivity contribution in [2.45, 2.75) is 38.5 Å². The van der Waals surface area contributed by atoms with Gasteiger partial charge in [-0.1, -0.05) is 26.8 Å². The van der Waals surface area contributed by atoms with E-state index in [4.69, 9.17) is 0 Å². The Morgan fingerprint density at radius 2 is 1.69 bits per heavy atom. The molecule has 0 aliphatic heterocycles. The third-order valence-corrected chi connectivity index (χ3v) is 3.13. The van der Waals surface area contributed by atoms with Crippen LogP contribution in [0.3, 0.4) is 0 Å². The van der Waals surface area contributed by atoms with E-state index in [1.807, 2.05) is 11.8 Å². The summed E-state index contributed by atoms with van der Waals surface area (Å²) in [6.07, 6.45) is 2.31. The minimum atomic E-state index is 1.15. The quantitative estimate of drug-likeness (QED) is 0.655. The Kier molecular flexibility index (Phi) is 4.37. The first-order valence-corrected chi connectivity index (χ1v) is 6.04. The first-order chi connectivity index (χ1) is 6.31. The second-order valence-electron chi connectivity index (χ2n) is 3.07. The molecule has 0 unspecified atom stereocenters. The number of benzene rings is 1. The molecule has 0 saturated carbocycles. The van der Waals surface area contributed by atoms with E-state index in [-0.39, 0.29) is 0 Å². The van der Waals surface area contributed by atoms with Gasteiger partial charge in [0.05, 0.1) is 0 Å². The molecule has 1 aromatic carbocycles. The standard InChI is InChI=1S/C12H18S/c1-4-10-7-8-12(13-6-3)9-11(10)5-2/h7-9H,4-6H2,1-3H3. The molecule has 0 N–H and O–H groups in total. The molecule has 72 valence electrons. The van der Waals surface area contributed by atoms with E-state index in [0.29, 0.717) is 0 Å². The lowest BCUT2D eigenvalue weighted by atomic mass is 10.0. The molecule has 0 aliphatic carbocycles. The summed E-state index contributed by atoms with van der Waals surface area (Å²) in [5.74, 6) is 1.16. The highest BCUT2D eigenvalue weighted by Gasteiger charge is 2.00. The van der Waals surface area contributed by atoms with Crippen molar-refractivity contribution >= 4 is 11.8 Å². The number of rotatable bonds is 4. The van der Waals surface area contributed by atoms with Crippen LogP contribution in [0.5, 0.6) is 0 Å². The Morgan fingerprint density at radius 1 is 1.00 bits per heavy atom. The maximum absolute atomic E-state index is 2.34. The molecule has 0 fully saturated rings. The molecular formula is C12H18S. The van der Waals surface area contributed by atoms with Crippen molar-refractivity contribution in [1.29, 1.82) is 0 Å². The van der Waals surface area contributed by atoms with Crippen molar-refractivity contribution in [1.82, 2.24) is 0 Å². The van der Waals surface area contributed by atoms with Crippen molar-refractivity contribution in [3.05, 3.63) is 29.3 Å². The van der Waals surface area contributed by atoms with E-state index in [9.17, 15) is 0 Å². The molecule has 13 heavy (non-hydrogen) atoms. The second kappa shape index (κ2) is 5.33. The molecule has 0 heterocycles. The van der Waals surface area contributed by atoms with E-state index >= 15 is 0 Å². The summed E-state index contributed by atoms with van der Waals surface area (Å²) in [6.45, 7) is 6.65. The van der Waals surface area contributed by atoms with Crippen LogP contribution in [0, 0.1) is 0 Å². The highest BCUT2D eigenvalue weighted by molar-refractivity contribution is 7.99. The Hall–Kier alpha value is -0.430. The Morgan fingerprint density at radius 3 is 2.23 bits per heavy atom. The summed E-state index contributed by atoms with van der Waals surface area (Å²) in [7, 11) is 0. The van der Waals surface area contributed by atoms with Crippen LogP contribution in [0.25, 0.3) is 0 Å². The monoisotopic (exact) mass is 194 g/mol. The molecule has 0 aromatic heterocycles. The largest absolute Gasteiger partial charge is 0.126 e. The van der Waals surface area contributed by atoms with Crippen LogP contribution in [0.15, 0.2) is 23.1 Å². The van der Waals surface area contributed by atoms with Crippen LogP contribution in [0.2, 0.25) is 0 Å². The smallest absolute Gasteiger partial charge is 0.00747 e. The molecule has 0 nitrogen and oxygen atoms in total. The molecule has 0 atom stereocenters. The zero-order chi connectivity index (χ0) is 9.68. The average molecular weight is 194 g/mol. The molecule has 0 bridgehead atoms. The van der Waals surface area contributed by atoms with Crippen molar-refractivity contribution in [2.75, 3.05) is 5.75 Å². The first kappa shape index (κ1) is 10.6. The average Bonchev–Trinajstić information content (AvgIpc) is 2.18. The fourth-order valence-electron chi connectivity index (χ4n) is 1.53. The topological polar surface area (TPSA) is 0 Å². The van der Waals surface area contributed by atoms with Gasteiger partial charge in [0.1, 0.15) is 0 Å². The van der Waals surface area contributed by atoms with E-state index in [1.165, 1.54) is 16.0 Å². The molecular weight excluding hydrogens is 176 g/mol. The Balaban J connectivity index is 2.91. The summed E-state index contributed by atoms with van der Waals surface area (Å²) in [4.78, 5) is 1.41. The second-order valence-corrected chi connectivity index (χ2v) is 4.41. The zero-order valence-electron chi connectivity index (χ0n) is 8.76. The van der Waals surface area contributed by atoms with Gasteiger partial charge in [-0.25, -0.2) is 0 Å². The summed E-state index contributed by atoms with van der Waals surface area (Å²) >= 11 is 1.92. The lowest BCUT2D eigenvalue weighted by Crippen LogP contribution is -1.90. The van der Waals surface area contributed by atoms with Crippen LogP contribution in [-0.4, -0.2) is 5.75 Å². The summed E-state index contributed by atoms with van der Waals surface area (Å²) in [6, 6.07) is 6.86. The maximum atomic E-state index is 2.34. The molecule has 0 aliphatic rings. The minimum Gasteiger partial charge on any atom is -0.126 e. The van der Waals surface area contributed by atoms with Gasteiger partial charge in [0.2, 0.25) is 0 Å². The van der Waals surface area contributed by atoms with Gasteiger partial charge in [-0.05, 0) is 41.9 Å². The SMILES string of the molecule is CCSc1ccc(CC)c(CC)c1. The summed E-state index contributed by atoms with van der Waals surface area (Å²) < 4.78 is 0. The molecule has 1 aromatic rings. The minimum absolute atomic E-state index is 1.15. The van der Waals surface area contributed by atoms with E-state index in [1.54, 1.807) is 0 Å². The van der Waals surface area contributed by atoms with Crippen molar-refractivity contribution in [2.24, 2.45) is 0 Å². The van der Waals surface area contributed by atoms with Crippen molar-refractivity contribution in [3.8, 4) is 0 Å². The molecule has 1 rings (SSSR count). The van der Waals surface area contributed by atoms with Gasteiger partial charge in [-0.3, -0.25) is 0 Å². The lowest BCUT2D eigenvalue weighted by molar-refractivity contribution is 1.02. The Labute approximate surface area is 85.7 Å². The molecule has 0 spiro atoms. The number of hydrogen-bond acceptors (Lipinski definition) is 1. The van der Waals surface area contributed by atoms with E-state index in [2.05, 4.69) is 39.0 Å². The highest BCUT2D eigenvalue weighted by Crippen LogP contribution is 2.22. The molecule has 0 amide bonds. The molecule has 0 radical (unpaired) electrons. The third-order valence-electron chi connectivity index (χ3n) is 2.25. The Bertz CT molecular complexity index is 266. The third kappa shape index (κ3) is 2.77. The van der Waals surface area contributed by atoms with Crippen LogP contribution in [0.1, 0.15) is 31.9 Å². The fraction of sp³-hybridized carbons (Fsp3) is 0.500. The first-order valence-electron chi connectivity index (χ1n) is 5.06. The van der Waals surface area contributed by atoms with Gasteiger partial charge >= 0.3 is 0 Å². The van der Waals surface area contributed by atoms with E-state index < -0.39 is 0 Å². The van der Waals surface area contributed by atoms with Crippen molar-refractivity contribution < 1.29 is 0 Å². The van der Waals surface area contributed by atoms with Crippen LogP contribution >= 0.6 is 11.8 Å².